The molecule has 0 aliphatic carbocycles. The Kier molecular flexibility index (Phi) is 5.38. The van der Waals surface area contributed by atoms with Crippen LogP contribution in [0.2, 0.25) is 0 Å². The highest BCUT2D eigenvalue weighted by atomic mass is 32.2. The van der Waals surface area contributed by atoms with Crippen LogP contribution in [-0.2, 0) is 19.6 Å². The Morgan fingerprint density at radius 3 is 2.36 bits per heavy atom. The van der Waals surface area contributed by atoms with Gasteiger partial charge in [0.25, 0.3) is 0 Å². The van der Waals surface area contributed by atoms with Crippen LogP contribution in [0.3, 0.4) is 0 Å². The minimum Gasteiger partial charge on any atom is -0.480 e. The number of nitrogens with zero attached hydrogens (tertiary/aromatic N) is 1. The lowest BCUT2D eigenvalue weighted by molar-refractivity contribution is -0.142. The summed E-state index contributed by atoms with van der Waals surface area (Å²) in [6.07, 6.45) is -0.804. The van der Waals surface area contributed by atoms with Gasteiger partial charge in [-0.05, 0) is 39.3 Å². The number of sulfonamides is 1. The van der Waals surface area contributed by atoms with Crippen LogP contribution in [0, 0.1) is 0 Å². The van der Waals surface area contributed by atoms with Gasteiger partial charge in [-0.1, -0.05) is 18.2 Å². The van der Waals surface area contributed by atoms with E-state index >= 15 is 0 Å². The van der Waals surface area contributed by atoms with Crippen molar-refractivity contribution in [2.45, 2.75) is 49.8 Å². The molecule has 1 fully saturated rings. The van der Waals surface area contributed by atoms with Gasteiger partial charge in [-0.25, -0.2) is 22.7 Å². The second-order valence-electron chi connectivity index (χ2n) is 6.85. The molecule has 1 aliphatic rings. The summed E-state index contributed by atoms with van der Waals surface area (Å²) in [5.41, 5.74) is -0.776. The summed E-state index contributed by atoms with van der Waals surface area (Å²) in [5, 5.41) is 9.34. The van der Waals surface area contributed by atoms with Gasteiger partial charge in [0.2, 0.25) is 10.0 Å². The van der Waals surface area contributed by atoms with E-state index in [1.54, 1.807) is 39.0 Å². The van der Waals surface area contributed by atoms with Crippen LogP contribution >= 0.6 is 0 Å². The number of aliphatic carboxylic acids is 1. The fraction of sp³-hybridized carbons (Fsp3) is 0.500. The molecule has 8 nitrogen and oxygen atoms in total. The summed E-state index contributed by atoms with van der Waals surface area (Å²) >= 11 is 0. The molecule has 1 heterocycles. The minimum atomic E-state index is -3.80. The first kappa shape index (κ1) is 19.2. The molecule has 1 aliphatic heterocycles. The van der Waals surface area contributed by atoms with Gasteiger partial charge < -0.3 is 9.84 Å². The molecule has 0 bridgehead atoms. The maximum absolute atomic E-state index is 12.4. The van der Waals surface area contributed by atoms with Crippen molar-refractivity contribution in [3.8, 4) is 0 Å². The van der Waals surface area contributed by atoms with Crippen molar-refractivity contribution >= 4 is 22.1 Å². The van der Waals surface area contributed by atoms with Crippen molar-refractivity contribution in [2.75, 3.05) is 6.54 Å². The second-order valence-corrected chi connectivity index (χ2v) is 8.57. The summed E-state index contributed by atoms with van der Waals surface area (Å²) in [5.74, 6) is -1.20. The van der Waals surface area contributed by atoms with Crippen molar-refractivity contribution in [1.82, 2.24) is 9.62 Å². The van der Waals surface area contributed by atoms with Crippen molar-refractivity contribution < 1.29 is 27.9 Å². The average molecular weight is 370 g/mol. The van der Waals surface area contributed by atoms with E-state index < -0.39 is 39.8 Å². The Bertz CT molecular complexity index is 742. The monoisotopic (exact) mass is 370 g/mol. The minimum absolute atomic E-state index is 0.0271. The van der Waals surface area contributed by atoms with E-state index in [2.05, 4.69) is 4.72 Å². The van der Waals surface area contributed by atoms with Gasteiger partial charge in [0.1, 0.15) is 11.6 Å². The molecule has 1 aromatic carbocycles. The quantitative estimate of drug-likeness (QED) is 0.829. The molecule has 9 heteroatoms. The van der Waals surface area contributed by atoms with Crippen molar-refractivity contribution in [1.29, 1.82) is 0 Å². The smallest absolute Gasteiger partial charge is 0.411 e. The molecule has 0 aromatic heterocycles. The number of carboxylic acid groups (broad SMARTS) is 1. The molecule has 0 saturated carbocycles. The SMILES string of the molecule is CC(C)(C)OC(=O)N1C[C@H](NS(=O)(=O)c2ccccc2)C[C@H]1C(=O)O. The molecular formula is C16H22N2O6S. The van der Waals surface area contributed by atoms with Gasteiger partial charge in [-0.15, -0.1) is 0 Å². The first-order chi connectivity index (χ1) is 11.5. The summed E-state index contributed by atoms with van der Waals surface area (Å²) in [7, 11) is -3.80. The molecule has 2 N–H and O–H groups in total. The second kappa shape index (κ2) is 7.01. The van der Waals surface area contributed by atoms with E-state index in [4.69, 9.17) is 4.74 Å². The Morgan fingerprint density at radius 1 is 1.24 bits per heavy atom. The zero-order chi connectivity index (χ0) is 18.8. The molecule has 2 rings (SSSR count). The summed E-state index contributed by atoms with van der Waals surface area (Å²) < 4.78 is 32.4. The number of carbonyl (C=O) groups excluding carboxylic acids is 1. The molecule has 0 unspecified atom stereocenters. The van der Waals surface area contributed by atoms with Gasteiger partial charge in [0.05, 0.1) is 4.90 Å². The number of hydrogen-bond donors (Lipinski definition) is 2. The average Bonchev–Trinajstić information content (AvgIpc) is 2.90. The number of benzene rings is 1. The number of ether oxygens (including phenoxy) is 1. The predicted molar refractivity (Wildman–Crippen MR) is 89.5 cm³/mol. The Labute approximate surface area is 146 Å². The summed E-state index contributed by atoms with van der Waals surface area (Å²) in [6.45, 7) is 4.95. The maximum atomic E-state index is 12.4. The van der Waals surface area contributed by atoms with Crippen LogP contribution in [0.25, 0.3) is 0 Å². The van der Waals surface area contributed by atoms with Gasteiger partial charge in [-0.2, -0.15) is 0 Å². The number of rotatable bonds is 4. The number of hydrogen-bond acceptors (Lipinski definition) is 5. The van der Waals surface area contributed by atoms with Gasteiger partial charge >= 0.3 is 12.1 Å². The fourth-order valence-corrected chi connectivity index (χ4v) is 3.83. The molecule has 25 heavy (non-hydrogen) atoms. The Morgan fingerprint density at radius 2 is 1.84 bits per heavy atom. The van der Waals surface area contributed by atoms with Crippen LogP contribution in [0.15, 0.2) is 35.2 Å². The molecule has 1 aromatic rings. The van der Waals surface area contributed by atoms with Gasteiger partial charge in [0, 0.05) is 12.6 Å². The maximum Gasteiger partial charge on any atom is 0.411 e. The summed E-state index contributed by atoms with van der Waals surface area (Å²) in [4.78, 5) is 24.8. The highest BCUT2D eigenvalue weighted by Gasteiger charge is 2.42. The molecular weight excluding hydrogens is 348 g/mol. The van der Waals surface area contributed by atoms with Crippen LogP contribution in [0.1, 0.15) is 27.2 Å². The molecule has 138 valence electrons. The zero-order valence-electron chi connectivity index (χ0n) is 14.3. The van der Waals surface area contributed by atoms with Crippen LogP contribution < -0.4 is 4.72 Å². The third-order valence-electron chi connectivity index (χ3n) is 3.59. The molecule has 2 atom stereocenters. The molecule has 0 radical (unpaired) electrons. The van der Waals surface area contributed by atoms with E-state index in [0.29, 0.717) is 0 Å². The lowest BCUT2D eigenvalue weighted by atomic mass is 10.2. The van der Waals surface area contributed by atoms with Crippen LogP contribution in [0.5, 0.6) is 0 Å². The van der Waals surface area contributed by atoms with Crippen LogP contribution in [0.4, 0.5) is 4.79 Å². The number of nitrogens with one attached hydrogen (secondary N) is 1. The van der Waals surface area contributed by atoms with E-state index in [-0.39, 0.29) is 17.9 Å². The zero-order valence-corrected chi connectivity index (χ0v) is 15.1. The van der Waals surface area contributed by atoms with E-state index in [0.717, 1.165) is 4.90 Å². The fourth-order valence-electron chi connectivity index (χ4n) is 2.56. The van der Waals surface area contributed by atoms with E-state index in [1.165, 1.54) is 12.1 Å². The first-order valence-corrected chi connectivity index (χ1v) is 9.28. The van der Waals surface area contributed by atoms with Crippen molar-refractivity contribution in [3.63, 3.8) is 0 Å². The third-order valence-corrected chi connectivity index (χ3v) is 5.13. The van der Waals surface area contributed by atoms with E-state index in [1.807, 2.05) is 0 Å². The largest absolute Gasteiger partial charge is 0.480 e. The highest BCUT2D eigenvalue weighted by Crippen LogP contribution is 2.23. The first-order valence-electron chi connectivity index (χ1n) is 7.79. The Balaban J connectivity index is 2.14. The normalized spacial score (nSPS) is 21.2. The molecule has 0 spiro atoms. The number of carboxylic acids is 1. The van der Waals surface area contributed by atoms with E-state index in [9.17, 15) is 23.1 Å². The van der Waals surface area contributed by atoms with Crippen molar-refractivity contribution in [2.24, 2.45) is 0 Å². The number of carbonyl (C=O) groups is 2. The summed E-state index contributed by atoms with van der Waals surface area (Å²) in [6, 6.07) is 5.92. The lowest BCUT2D eigenvalue weighted by Crippen LogP contribution is -2.44. The number of likely N-dealkylation sites (tertiary alicyclic amines) is 1. The van der Waals surface area contributed by atoms with Crippen LogP contribution in [-0.4, -0.2) is 54.7 Å². The lowest BCUT2D eigenvalue weighted by Gasteiger charge is -2.26. The third kappa shape index (κ3) is 4.93. The Hall–Kier alpha value is -2.13. The topological polar surface area (TPSA) is 113 Å². The van der Waals surface area contributed by atoms with Gasteiger partial charge in [-0.3, -0.25) is 4.90 Å². The standard InChI is InChI=1S/C16H22N2O6S/c1-16(2,3)24-15(21)18-10-11(9-13(18)14(19)20)17-25(22,23)12-7-5-4-6-8-12/h4-8,11,13,17H,9-10H2,1-3H3,(H,19,20)/t11-,13+/m1/s1. The number of amides is 1. The highest BCUT2D eigenvalue weighted by molar-refractivity contribution is 7.89. The van der Waals surface area contributed by atoms with Crippen molar-refractivity contribution in [3.05, 3.63) is 30.3 Å². The van der Waals surface area contributed by atoms with Gasteiger partial charge in [0.15, 0.2) is 0 Å². The predicted octanol–water partition coefficient (Wildman–Crippen LogP) is 1.43. The molecule has 1 amide bonds. The molecule has 1 saturated heterocycles.